The number of hydrogen-bond acceptors (Lipinski definition) is 5. The Labute approximate surface area is 106 Å². The first-order valence-corrected chi connectivity index (χ1v) is 6.30. The van der Waals surface area contributed by atoms with Gasteiger partial charge in [0.2, 0.25) is 11.8 Å². The van der Waals surface area contributed by atoms with Crippen molar-refractivity contribution in [2.24, 2.45) is 5.41 Å². The maximum Gasteiger partial charge on any atom is 0.310 e. The van der Waals surface area contributed by atoms with Crippen molar-refractivity contribution in [3.8, 4) is 0 Å². The molecule has 1 aliphatic rings. The lowest BCUT2D eigenvalue weighted by atomic mass is 9.82. The molecule has 1 fully saturated rings. The maximum absolute atomic E-state index is 11.2. The largest absolute Gasteiger partial charge is 0.481 e. The molecule has 1 unspecified atom stereocenters. The van der Waals surface area contributed by atoms with Crippen molar-refractivity contribution in [1.29, 1.82) is 0 Å². The van der Waals surface area contributed by atoms with Gasteiger partial charge in [0, 0.05) is 13.0 Å². The van der Waals surface area contributed by atoms with Gasteiger partial charge in [-0.1, -0.05) is 6.92 Å². The Hall–Kier alpha value is -1.43. The molecule has 0 aliphatic carbocycles. The minimum atomic E-state index is -0.730. The molecule has 1 atom stereocenters. The van der Waals surface area contributed by atoms with E-state index in [0.717, 1.165) is 25.8 Å². The van der Waals surface area contributed by atoms with Gasteiger partial charge in [-0.05, 0) is 26.3 Å². The summed E-state index contributed by atoms with van der Waals surface area (Å²) in [5, 5.41) is 17.1. The maximum atomic E-state index is 11.2. The van der Waals surface area contributed by atoms with Crippen molar-refractivity contribution in [1.82, 2.24) is 15.1 Å². The Morgan fingerprint density at radius 2 is 2.22 bits per heavy atom. The van der Waals surface area contributed by atoms with Crippen LogP contribution in [0.15, 0.2) is 4.42 Å². The summed E-state index contributed by atoms with van der Waals surface area (Å²) in [6.07, 6.45) is 2.33. The van der Waals surface area contributed by atoms with E-state index in [9.17, 15) is 9.90 Å². The third-order valence-electron chi connectivity index (χ3n) is 3.46. The van der Waals surface area contributed by atoms with E-state index in [4.69, 9.17) is 4.42 Å². The van der Waals surface area contributed by atoms with Crippen LogP contribution in [0.25, 0.3) is 0 Å². The highest BCUT2D eigenvalue weighted by atomic mass is 16.4. The summed E-state index contributed by atoms with van der Waals surface area (Å²) in [4.78, 5) is 13.3. The Morgan fingerprint density at radius 1 is 1.50 bits per heavy atom. The van der Waals surface area contributed by atoms with Gasteiger partial charge in [0.1, 0.15) is 0 Å². The standard InChI is InChI=1S/C12H19N3O3/c1-3-9-13-14-10(18-9)7-15-6-4-5-12(2,8-15)11(16)17/h3-8H2,1-2H3,(H,16,17). The first-order valence-electron chi connectivity index (χ1n) is 6.30. The summed E-state index contributed by atoms with van der Waals surface area (Å²) < 4.78 is 5.45. The lowest BCUT2D eigenvalue weighted by Crippen LogP contribution is -2.45. The molecule has 1 N–H and O–H groups in total. The fraction of sp³-hybridized carbons (Fsp3) is 0.750. The molecule has 0 saturated carbocycles. The number of aromatic nitrogens is 2. The first-order chi connectivity index (χ1) is 8.53. The highest BCUT2D eigenvalue weighted by Gasteiger charge is 2.38. The second-order valence-corrected chi connectivity index (χ2v) is 5.12. The van der Waals surface area contributed by atoms with Crippen molar-refractivity contribution in [3.05, 3.63) is 11.8 Å². The SMILES string of the molecule is CCc1nnc(CN2CCCC(C)(C(=O)O)C2)o1. The summed E-state index contributed by atoms with van der Waals surface area (Å²) in [6.45, 7) is 5.71. The molecule has 18 heavy (non-hydrogen) atoms. The number of aryl methyl sites for hydroxylation is 1. The average molecular weight is 253 g/mol. The second kappa shape index (κ2) is 5.06. The van der Waals surface area contributed by atoms with Crippen LogP contribution in [-0.2, 0) is 17.8 Å². The number of hydrogen-bond donors (Lipinski definition) is 1. The topological polar surface area (TPSA) is 79.5 Å². The fourth-order valence-electron chi connectivity index (χ4n) is 2.34. The van der Waals surface area contributed by atoms with E-state index in [0.29, 0.717) is 24.9 Å². The van der Waals surface area contributed by atoms with Crippen LogP contribution in [-0.4, -0.2) is 39.3 Å². The van der Waals surface area contributed by atoms with Crippen LogP contribution >= 0.6 is 0 Å². The lowest BCUT2D eigenvalue weighted by Gasteiger charge is -2.36. The highest BCUT2D eigenvalue weighted by Crippen LogP contribution is 2.30. The summed E-state index contributed by atoms with van der Waals surface area (Å²) in [7, 11) is 0. The van der Waals surface area contributed by atoms with Gasteiger partial charge in [-0.2, -0.15) is 0 Å². The van der Waals surface area contributed by atoms with Crippen LogP contribution in [0.2, 0.25) is 0 Å². The van der Waals surface area contributed by atoms with Gasteiger partial charge in [-0.25, -0.2) is 0 Å². The summed E-state index contributed by atoms with van der Waals surface area (Å²) in [5.74, 6) is 0.469. The molecule has 1 aromatic rings. The highest BCUT2D eigenvalue weighted by molar-refractivity contribution is 5.74. The van der Waals surface area contributed by atoms with Gasteiger partial charge < -0.3 is 9.52 Å². The molecule has 0 bridgehead atoms. The Morgan fingerprint density at radius 3 is 2.83 bits per heavy atom. The number of piperidine rings is 1. The van der Waals surface area contributed by atoms with Gasteiger partial charge in [-0.15, -0.1) is 10.2 Å². The number of likely N-dealkylation sites (tertiary alicyclic amines) is 1. The van der Waals surface area contributed by atoms with E-state index in [1.54, 1.807) is 6.92 Å². The molecule has 100 valence electrons. The monoisotopic (exact) mass is 253 g/mol. The van der Waals surface area contributed by atoms with Crippen molar-refractivity contribution >= 4 is 5.97 Å². The number of aliphatic carboxylic acids is 1. The predicted octanol–water partition coefficient (Wildman–Crippen LogP) is 1.32. The minimum Gasteiger partial charge on any atom is -0.481 e. The summed E-state index contributed by atoms with van der Waals surface area (Å²) in [5.41, 5.74) is -0.661. The van der Waals surface area contributed by atoms with Gasteiger partial charge in [-0.3, -0.25) is 9.69 Å². The van der Waals surface area contributed by atoms with E-state index in [-0.39, 0.29) is 0 Å². The Kier molecular flexibility index (Phi) is 3.65. The fourth-order valence-corrected chi connectivity index (χ4v) is 2.34. The molecule has 6 nitrogen and oxygen atoms in total. The van der Waals surface area contributed by atoms with E-state index in [2.05, 4.69) is 15.1 Å². The zero-order valence-corrected chi connectivity index (χ0v) is 10.8. The number of carboxylic acids is 1. The molecule has 1 aliphatic heterocycles. The Bertz CT molecular complexity index is 432. The smallest absolute Gasteiger partial charge is 0.310 e. The molecule has 2 rings (SSSR count). The molecule has 0 aromatic carbocycles. The molecule has 1 saturated heterocycles. The predicted molar refractivity (Wildman–Crippen MR) is 63.9 cm³/mol. The van der Waals surface area contributed by atoms with Crippen LogP contribution in [0.5, 0.6) is 0 Å². The van der Waals surface area contributed by atoms with E-state index in [1.807, 2.05) is 6.92 Å². The number of carbonyl (C=O) groups is 1. The van der Waals surface area contributed by atoms with Crippen LogP contribution in [0.4, 0.5) is 0 Å². The van der Waals surface area contributed by atoms with Gasteiger partial charge in [0.25, 0.3) is 0 Å². The van der Waals surface area contributed by atoms with Crippen LogP contribution in [0.3, 0.4) is 0 Å². The van der Waals surface area contributed by atoms with Crippen molar-refractivity contribution in [2.75, 3.05) is 13.1 Å². The van der Waals surface area contributed by atoms with Crippen molar-refractivity contribution < 1.29 is 14.3 Å². The number of nitrogens with zero attached hydrogens (tertiary/aromatic N) is 3. The summed E-state index contributed by atoms with van der Waals surface area (Å²) >= 11 is 0. The van der Waals surface area contributed by atoms with Gasteiger partial charge in [0.15, 0.2) is 0 Å². The van der Waals surface area contributed by atoms with Gasteiger partial charge in [0.05, 0.1) is 12.0 Å². The van der Waals surface area contributed by atoms with Crippen molar-refractivity contribution in [2.45, 2.75) is 39.7 Å². The molecule has 2 heterocycles. The third kappa shape index (κ3) is 2.69. The van der Waals surface area contributed by atoms with Crippen LogP contribution < -0.4 is 0 Å². The van der Waals surface area contributed by atoms with E-state index < -0.39 is 11.4 Å². The molecular weight excluding hydrogens is 234 g/mol. The van der Waals surface area contributed by atoms with Crippen LogP contribution in [0.1, 0.15) is 38.5 Å². The zero-order valence-electron chi connectivity index (χ0n) is 10.8. The van der Waals surface area contributed by atoms with Crippen molar-refractivity contribution in [3.63, 3.8) is 0 Å². The average Bonchev–Trinajstić information content (AvgIpc) is 2.76. The molecule has 0 amide bonds. The second-order valence-electron chi connectivity index (χ2n) is 5.12. The normalized spacial score (nSPS) is 25.2. The first kappa shape index (κ1) is 13.0. The van der Waals surface area contributed by atoms with Gasteiger partial charge >= 0.3 is 5.97 Å². The number of carboxylic acid groups (broad SMARTS) is 1. The molecule has 6 heteroatoms. The van der Waals surface area contributed by atoms with E-state index in [1.165, 1.54) is 0 Å². The summed E-state index contributed by atoms with van der Waals surface area (Å²) in [6, 6.07) is 0. The third-order valence-corrected chi connectivity index (χ3v) is 3.46. The van der Waals surface area contributed by atoms with E-state index >= 15 is 0 Å². The van der Waals surface area contributed by atoms with Crippen LogP contribution in [0, 0.1) is 5.41 Å². The molecule has 1 aromatic heterocycles. The minimum absolute atomic E-state index is 0.534. The molecular formula is C12H19N3O3. The quantitative estimate of drug-likeness (QED) is 0.871. The lowest BCUT2D eigenvalue weighted by molar-refractivity contribution is -0.151. The zero-order chi connectivity index (χ0) is 13.2. The molecule has 0 radical (unpaired) electrons. The number of rotatable bonds is 4. The Balaban J connectivity index is 1.99. The molecule has 0 spiro atoms.